The fourth-order valence-electron chi connectivity index (χ4n) is 6.69. The second-order valence-electron chi connectivity index (χ2n) is 11.6. The number of fused-ring (bicyclic) bond motifs is 3. The number of nitrogens with zero attached hydrogens (tertiary/aromatic N) is 1. The van der Waals surface area contributed by atoms with E-state index in [2.05, 4.69) is 26.8 Å². The molecule has 5 rings (SSSR count). The summed E-state index contributed by atoms with van der Waals surface area (Å²) in [5.74, 6) is -0.465. The minimum absolute atomic E-state index is 0.00205. The Morgan fingerprint density at radius 1 is 1.03 bits per heavy atom. The summed E-state index contributed by atoms with van der Waals surface area (Å²) in [7, 11) is -3.98. The van der Waals surface area contributed by atoms with Crippen LogP contribution in [0.3, 0.4) is 0 Å². The molecule has 188 valence electrons. The van der Waals surface area contributed by atoms with Crippen molar-refractivity contribution in [3.8, 4) is 0 Å². The van der Waals surface area contributed by atoms with Crippen molar-refractivity contribution in [3.05, 3.63) is 65.0 Å². The monoisotopic (exact) mass is 497 g/mol. The summed E-state index contributed by atoms with van der Waals surface area (Å²) in [5, 5.41) is 0. The summed E-state index contributed by atoms with van der Waals surface area (Å²) in [6, 6.07) is 11.1. The molecule has 0 N–H and O–H groups in total. The first kappa shape index (κ1) is 24.5. The Hall–Kier alpha value is -2.21. The van der Waals surface area contributed by atoms with Gasteiger partial charge < -0.3 is 4.90 Å². The van der Waals surface area contributed by atoms with Crippen molar-refractivity contribution < 1.29 is 17.6 Å². The molecule has 1 aliphatic heterocycles. The highest BCUT2D eigenvalue weighted by Gasteiger charge is 2.61. The van der Waals surface area contributed by atoms with Crippen LogP contribution in [0.5, 0.6) is 0 Å². The predicted molar refractivity (Wildman–Crippen MR) is 135 cm³/mol. The number of hydrogen-bond acceptors (Lipinski definition) is 3. The highest BCUT2D eigenvalue weighted by Crippen LogP contribution is 2.53. The largest absolute Gasteiger partial charge is 0.337 e. The van der Waals surface area contributed by atoms with Gasteiger partial charge >= 0.3 is 0 Å². The van der Waals surface area contributed by atoms with Gasteiger partial charge in [0, 0.05) is 12.5 Å². The van der Waals surface area contributed by atoms with E-state index in [1.165, 1.54) is 23.8 Å². The molecule has 0 radical (unpaired) electrons. The molecule has 2 fully saturated rings. The fraction of sp³-hybridized carbons (Fsp3) is 0.552. The molecule has 2 aliphatic carbocycles. The third kappa shape index (κ3) is 3.92. The smallest absolute Gasteiger partial charge is 0.225 e. The van der Waals surface area contributed by atoms with E-state index in [0.29, 0.717) is 19.4 Å². The van der Waals surface area contributed by atoms with Crippen molar-refractivity contribution in [1.82, 2.24) is 4.90 Å². The number of benzene rings is 2. The number of aryl methyl sites for hydroxylation is 1. The van der Waals surface area contributed by atoms with Crippen LogP contribution in [0, 0.1) is 11.7 Å². The molecular formula is C29H36FNO3S. The number of likely N-dealkylation sites (tertiary alicyclic amines) is 1. The topological polar surface area (TPSA) is 54.5 Å². The maximum Gasteiger partial charge on any atom is 0.225 e. The van der Waals surface area contributed by atoms with Crippen molar-refractivity contribution in [2.24, 2.45) is 5.92 Å². The van der Waals surface area contributed by atoms with E-state index in [0.717, 1.165) is 55.7 Å². The number of halogens is 1. The minimum atomic E-state index is -3.98. The Labute approximate surface area is 208 Å². The van der Waals surface area contributed by atoms with Gasteiger partial charge in [-0.1, -0.05) is 64.3 Å². The Bertz CT molecular complexity index is 1240. The van der Waals surface area contributed by atoms with Crippen LogP contribution < -0.4 is 0 Å². The van der Waals surface area contributed by atoms with Crippen LogP contribution in [0.25, 0.3) is 0 Å². The van der Waals surface area contributed by atoms with E-state index in [9.17, 15) is 17.6 Å². The van der Waals surface area contributed by atoms with E-state index in [4.69, 9.17) is 0 Å². The SMILES string of the molecule is CC(C)(C)c1ccc2c(c1)CCC1N(C(=O)C3CCCCC3)CCC21S(=O)(=O)c1cccc(F)c1. The van der Waals surface area contributed by atoms with Crippen LogP contribution in [0.15, 0.2) is 47.4 Å². The number of rotatable bonds is 3. The van der Waals surface area contributed by atoms with Gasteiger partial charge in [-0.25, -0.2) is 12.8 Å². The first-order chi connectivity index (χ1) is 16.6. The summed E-state index contributed by atoms with van der Waals surface area (Å²) in [6.07, 6.45) is 6.73. The van der Waals surface area contributed by atoms with Gasteiger partial charge in [0.05, 0.1) is 10.9 Å². The lowest BCUT2D eigenvalue weighted by Crippen LogP contribution is -2.53. The van der Waals surface area contributed by atoms with Gasteiger partial charge in [-0.05, 0) is 72.4 Å². The fourth-order valence-corrected chi connectivity index (χ4v) is 9.08. The summed E-state index contributed by atoms with van der Waals surface area (Å²) in [4.78, 5) is 15.6. The highest BCUT2D eigenvalue weighted by atomic mass is 32.2. The summed E-state index contributed by atoms with van der Waals surface area (Å²) in [5.41, 5.74) is 2.95. The van der Waals surface area contributed by atoms with Gasteiger partial charge in [0.1, 0.15) is 10.6 Å². The van der Waals surface area contributed by atoms with E-state index in [1.807, 2.05) is 17.0 Å². The molecule has 2 atom stereocenters. The van der Waals surface area contributed by atoms with Crippen molar-refractivity contribution >= 4 is 15.7 Å². The zero-order valence-electron chi connectivity index (χ0n) is 21.0. The number of amides is 1. The van der Waals surface area contributed by atoms with E-state index in [-0.39, 0.29) is 22.1 Å². The summed E-state index contributed by atoms with van der Waals surface area (Å²) < 4.78 is 41.8. The maximum absolute atomic E-state index is 14.4. The quantitative estimate of drug-likeness (QED) is 0.529. The molecular weight excluding hydrogens is 461 g/mol. The normalized spacial score (nSPS) is 25.3. The maximum atomic E-state index is 14.4. The number of hydrogen-bond donors (Lipinski definition) is 0. The predicted octanol–water partition coefficient (Wildman–Crippen LogP) is 5.92. The molecule has 35 heavy (non-hydrogen) atoms. The van der Waals surface area contributed by atoms with Crippen LogP contribution in [-0.4, -0.2) is 31.8 Å². The first-order valence-electron chi connectivity index (χ1n) is 13.0. The summed E-state index contributed by atoms with van der Waals surface area (Å²) >= 11 is 0. The second kappa shape index (κ2) is 8.72. The molecule has 0 aromatic heterocycles. The Morgan fingerprint density at radius 2 is 1.77 bits per heavy atom. The van der Waals surface area contributed by atoms with Gasteiger partial charge in [-0.2, -0.15) is 0 Å². The third-order valence-corrected chi connectivity index (χ3v) is 11.1. The lowest BCUT2D eigenvalue weighted by molar-refractivity contribution is -0.137. The molecule has 2 unspecified atom stereocenters. The highest BCUT2D eigenvalue weighted by molar-refractivity contribution is 7.92. The average Bonchev–Trinajstić information content (AvgIpc) is 3.25. The van der Waals surface area contributed by atoms with Crippen LogP contribution in [0.1, 0.15) is 82.4 Å². The van der Waals surface area contributed by atoms with E-state index < -0.39 is 26.4 Å². The van der Waals surface area contributed by atoms with Crippen molar-refractivity contribution in [3.63, 3.8) is 0 Å². The van der Waals surface area contributed by atoms with Gasteiger partial charge in [0.25, 0.3) is 0 Å². The molecule has 3 aliphatic rings. The van der Waals surface area contributed by atoms with Gasteiger partial charge in [0.15, 0.2) is 9.84 Å². The van der Waals surface area contributed by atoms with Crippen molar-refractivity contribution in [2.45, 2.75) is 93.2 Å². The zero-order chi connectivity index (χ0) is 25.0. The Morgan fingerprint density at radius 3 is 2.46 bits per heavy atom. The van der Waals surface area contributed by atoms with Crippen LogP contribution in [0.4, 0.5) is 4.39 Å². The minimum Gasteiger partial charge on any atom is -0.337 e. The molecule has 1 amide bonds. The average molecular weight is 498 g/mol. The Balaban J connectivity index is 1.66. The molecule has 1 saturated carbocycles. The number of sulfone groups is 1. The molecule has 1 heterocycles. The van der Waals surface area contributed by atoms with Gasteiger partial charge in [-0.3, -0.25) is 4.79 Å². The van der Waals surface area contributed by atoms with Crippen LogP contribution in [-0.2, 0) is 31.2 Å². The molecule has 2 aromatic rings. The van der Waals surface area contributed by atoms with Crippen LogP contribution in [0.2, 0.25) is 0 Å². The van der Waals surface area contributed by atoms with Gasteiger partial charge in [-0.15, -0.1) is 0 Å². The lowest BCUT2D eigenvalue weighted by atomic mass is 9.75. The molecule has 4 nitrogen and oxygen atoms in total. The lowest BCUT2D eigenvalue weighted by Gasteiger charge is -2.43. The standard InChI is InChI=1S/C29H36FNO3S/c1-28(2,3)22-13-14-25-21(18-22)12-15-26-29(25,35(33,34)24-11-7-10-23(30)19-24)16-17-31(26)27(32)20-8-5-4-6-9-20/h7,10-11,13-14,18-20,26H,4-6,8-9,12,15-17H2,1-3H3. The molecule has 2 aromatic carbocycles. The first-order valence-corrected chi connectivity index (χ1v) is 14.5. The zero-order valence-corrected chi connectivity index (χ0v) is 21.8. The van der Waals surface area contributed by atoms with Gasteiger partial charge in [0.2, 0.25) is 5.91 Å². The van der Waals surface area contributed by atoms with E-state index in [1.54, 1.807) is 0 Å². The van der Waals surface area contributed by atoms with Crippen molar-refractivity contribution in [1.29, 1.82) is 0 Å². The van der Waals surface area contributed by atoms with Crippen LogP contribution >= 0.6 is 0 Å². The molecule has 0 spiro atoms. The number of carbonyl (C=O) groups is 1. The summed E-state index contributed by atoms with van der Waals surface area (Å²) in [6.45, 7) is 6.88. The van der Waals surface area contributed by atoms with E-state index >= 15 is 0 Å². The van der Waals surface area contributed by atoms with Crippen molar-refractivity contribution in [2.75, 3.05) is 6.54 Å². The second-order valence-corrected chi connectivity index (χ2v) is 13.9. The molecule has 0 bridgehead atoms. The molecule has 1 saturated heterocycles. The Kier molecular flexibility index (Phi) is 6.10. The third-order valence-electron chi connectivity index (χ3n) is 8.58. The number of carbonyl (C=O) groups excluding carboxylic acids is 1. The molecule has 6 heteroatoms.